The van der Waals surface area contributed by atoms with Gasteiger partial charge in [-0.15, -0.1) is 0 Å². The van der Waals surface area contributed by atoms with Crippen LogP contribution in [0, 0.1) is 5.92 Å². The maximum atomic E-state index is 11.3. The second-order valence-corrected chi connectivity index (χ2v) is 6.49. The Balaban J connectivity index is 2.68. The molecule has 2 N–H and O–H groups in total. The second-order valence-electron chi connectivity index (χ2n) is 4.16. The van der Waals surface area contributed by atoms with Crippen LogP contribution in [-0.4, -0.2) is 42.2 Å². The molecule has 3 unspecified atom stereocenters. The normalized spacial score (nSPS) is 29.7. The lowest BCUT2D eigenvalue weighted by Gasteiger charge is -2.29. The first-order valence-electron chi connectivity index (χ1n) is 4.92. The summed E-state index contributed by atoms with van der Waals surface area (Å²) in [6.07, 6.45) is 1.79. The van der Waals surface area contributed by atoms with Crippen LogP contribution in [0.4, 0.5) is 0 Å². The van der Waals surface area contributed by atoms with E-state index in [4.69, 9.17) is 5.11 Å². The van der Waals surface area contributed by atoms with Crippen molar-refractivity contribution in [3.8, 4) is 0 Å². The van der Waals surface area contributed by atoms with Crippen LogP contribution in [0.15, 0.2) is 0 Å². The van der Waals surface area contributed by atoms with Gasteiger partial charge in [-0.05, 0) is 25.2 Å². The Bertz CT molecular complexity index is 334. The third-order valence-electron chi connectivity index (χ3n) is 2.97. The molecule has 1 rings (SSSR count). The van der Waals surface area contributed by atoms with Crippen molar-refractivity contribution < 1.29 is 23.4 Å². The fourth-order valence-electron chi connectivity index (χ4n) is 2.06. The minimum Gasteiger partial charge on any atom is -0.479 e. The molecule has 0 aliphatic heterocycles. The molecule has 1 fully saturated rings. The second kappa shape index (κ2) is 4.49. The molecule has 3 atom stereocenters. The average Bonchev–Trinajstić information content (AvgIpc) is 2.15. The van der Waals surface area contributed by atoms with Crippen molar-refractivity contribution in [3.63, 3.8) is 0 Å². The Kier molecular flexibility index (Phi) is 3.72. The summed E-state index contributed by atoms with van der Waals surface area (Å²) in [4.78, 5) is 10.6. The van der Waals surface area contributed by atoms with Crippen molar-refractivity contribution in [2.75, 3.05) is 6.26 Å². The van der Waals surface area contributed by atoms with Crippen molar-refractivity contribution in [3.05, 3.63) is 0 Å². The van der Waals surface area contributed by atoms with E-state index in [2.05, 4.69) is 0 Å². The Morgan fingerprint density at radius 2 is 2.00 bits per heavy atom. The average molecular weight is 236 g/mol. The minimum absolute atomic E-state index is 0.256. The summed E-state index contributed by atoms with van der Waals surface area (Å²) < 4.78 is 22.6. The summed E-state index contributed by atoms with van der Waals surface area (Å²) in [5.41, 5.74) is 0. The highest BCUT2D eigenvalue weighted by atomic mass is 32.2. The molecule has 0 radical (unpaired) electrons. The third-order valence-corrected chi connectivity index (χ3v) is 4.61. The van der Waals surface area contributed by atoms with Gasteiger partial charge in [-0.3, -0.25) is 0 Å². The number of sulfone groups is 1. The van der Waals surface area contributed by atoms with E-state index in [1.165, 1.54) is 0 Å². The van der Waals surface area contributed by atoms with Gasteiger partial charge in [-0.1, -0.05) is 6.42 Å². The number of carbonyl (C=O) groups is 1. The molecule has 0 amide bonds. The lowest BCUT2D eigenvalue weighted by atomic mass is 9.85. The van der Waals surface area contributed by atoms with Gasteiger partial charge in [0.1, 0.15) is 9.84 Å². The van der Waals surface area contributed by atoms with Crippen molar-refractivity contribution in [1.29, 1.82) is 0 Å². The lowest BCUT2D eigenvalue weighted by molar-refractivity contribution is -0.150. The van der Waals surface area contributed by atoms with E-state index in [1.54, 1.807) is 0 Å². The summed E-state index contributed by atoms with van der Waals surface area (Å²) in [5.74, 6) is -1.70. The van der Waals surface area contributed by atoms with Crippen molar-refractivity contribution in [2.45, 2.75) is 37.0 Å². The number of carboxylic acids is 1. The molecule has 15 heavy (non-hydrogen) atoms. The molecule has 5 nitrogen and oxygen atoms in total. The first-order valence-corrected chi connectivity index (χ1v) is 6.87. The summed E-state index contributed by atoms with van der Waals surface area (Å²) in [6.45, 7) is 0. The predicted octanol–water partition coefficient (Wildman–Crippen LogP) is 0.0353. The number of aliphatic carboxylic acids is 1. The van der Waals surface area contributed by atoms with Gasteiger partial charge >= 0.3 is 5.97 Å². The van der Waals surface area contributed by atoms with Crippen LogP contribution in [0.5, 0.6) is 0 Å². The van der Waals surface area contributed by atoms with E-state index in [9.17, 15) is 18.3 Å². The first kappa shape index (κ1) is 12.4. The summed E-state index contributed by atoms with van der Waals surface area (Å²) in [6, 6.07) is 0. The number of aliphatic hydroxyl groups is 1. The van der Waals surface area contributed by atoms with Gasteiger partial charge in [-0.2, -0.15) is 0 Å². The molecular formula is C9H16O5S. The molecule has 0 bridgehead atoms. The number of aliphatic hydroxyl groups excluding tert-OH is 1. The van der Waals surface area contributed by atoms with Crippen LogP contribution >= 0.6 is 0 Å². The van der Waals surface area contributed by atoms with Gasteiger partial charge in [0.15, 0.2) is 6.10 Å². The van der Waals surface area contributed by atoms with Gasteiger partial charge in [0.2, 0.25) is 0 Å². The molecule has 0 aromatic heterocycles. The SMILES string of the molecule is CS(=O)(=O)C1CCCC(C(O)C(=O)O)C1. The topological polar surface area (TPSA) is 91.7 Å². The number of hydrogen-bond donors (Lipinski definition) is 2. The number of hydrogen-bond acceptors (Lipinski definition) is 4. The molecule has 1 aliphatic rings. The quantitative estimate of drug-likeness (QED) is 0.721. The third kappa shape index (κ3) is 3.17. The van der Waals surface area contributed by atoms with Crippen molar-refractivity contribution in [1.82, 2.24) is 0 Å². The molecule has 1 saturated carbocycles. The van der Waals surface area contributed by atoms with E-state index in [0.29, 0.717) is 19.3 Å². The molecule has 0 aromatic rings. The Morgan fingerprint density at radius 3 is 2.47 bits per heavy atom. The highest BCUT2D eigenvalue weighted by Gasteiger charge is 2.34. The summed E-state index contributed by atoms with van der Waals surface area (Å²) >= 11 is 0. The highest BCUT2D eigenvalue weighted by molar-refractivity contribution is 7.91. The van der Waals surface area contributed by atoms with Gasteiger partial charge in [0.25, 0.3) is 0 Å². The van der Waals surface area contributed by atoms with Crippen molar-refractivity contribution in [2.24, 2.45) is 5.92 Å². The van der Waals surface area contributed by atoms with E-state index in [1.807, 2.05) is 0 Å². The maximum absolute atomic E-state index is 11.3. The van der Waals surface area contributed by atoms with Crippen LogP contribution in [0.2, 0.25) is 0 Å². The largest absolute Gasteiger partial charge is 0.479 e. The first-order chi connectivity index (χ1) is 6.82. The van der Waals surface area contributed by atoms with Crippen LogP contribution in [-0.2, 0) is 14.6 Å². The molecule has 0 saturated heterocycles. The van der Waals surface area contributed by atoms with E-state index >= 15 is 0 Å². The van der Waals surface area contributed by atoms with Gasteiger partial charge < -0.3 is 10.2 Å². The molecule has 88 valence electrons. The number of rotatable bonds is 3. The zero-order chi connectivity index (χ0) is 11.6. The van der Waals surface area contributed by atoms with Gasteiger partial charge in [0, 0.05) is 6.26 Å². The maximum Gasteiger partial charge on any atom is 0.332 e. The van der Waals surface area contributed by atoms with E-state index in [0.717, 1.165) is 6.26 Å². The Hall–Kier alpha value is -0.620. The fourth-order valence-corrected chi connectivity index (χ4v) is 3.25. The fraction of sp³-hybridized carbons (Fsp3) is 0.889. The van der Waals surface area contributed by atoms with Gasteiger partial charge in [0.05, 0.1) is 5.25 Å². The smallest absolute Gasteiger partial charge is 0.332 e. The van der Waals surface area contributed by atoms with Crippen LogP contribution in [0.3, 0.4) is 0 Å². The summed E-state index contributed by atoms with van der Waals surface area (Å²) in [7, 11) is -3.12. The van der Waals surface area contributed by atoms with Gasteiger partial charge in [-0.25, -0.2) is 13.2 Å². The minimum atomic E-state index is -3.12. The van der Waals surface area contributed by atoms with E-state index < -0.39 is 33.1 Å². The predicted molar refractivity (Wildman–Crippen MR) is 54.2 cm³/mol. The zero-order valence-corrected chi connectivity index (χ0v) is 9.40. The Morgan fingerprint density at radius 1 is 1.40 bits per heavy atom. The molecule has 0 heterocycles. The van der Waals surface area contributed by atoms with Crippen LogP contribution in [0.25, 0.3) is 0 Å². The molecule has 6 heteroatoms. The zero-order valence-electron chi connectivity index (χ0n) is 8.59. The van der Waals surface area contributed by atoms with E-state index in [-0.39, 0.29) is 6.42 Å². The Labute approximate surface area is 89.0 Å². The summed E-state index contributed by atoms with van der Waals surface area (Å²) in [5, 5.41) is 17.5. The molecule has 1 aliphatic carbocycles. The van der Waals surface area contributed by atoms with Crippen molar-refractivity contribution >= 4 is 15.8 Å². The molecule has 0 aromatic carbocycles. The lowest BCUT2D eigenvalue weighted by Crippen LogP contribution is -2.36. The molecular weight excluding hydrogens is 220 g/mol. The molecule has 0 spiro atoms. The standard InChI is InChI=1S/C9H16O5S/c1-15(13,14)7-4-2-3-6(5-7)8(10)9(11)12/h6-8,10H,2-5H2,1H3,(H,11,12). The number of carboxylic acid groups (broad SMARTS) is 1. The van der Waals surface area contributed by atoms with Crippen LogP contribution in [0.1, 0.15) is 25.7 Å². The highest BCUT2D eigenvalue weighted by Crippen LogP contribution is 2.30. The monoisotopic (exact) mass is 236 g/mol. The van der Waals surface area contributed by atoms with Crippen LogP contribution < -0.4 is 0 Å².